The number of alkyl halides is 3. The maximum Gasteiger partial charge on any atom is 0.416 e. The molecule has 8 nitrogen and oxygen atoms in total. The Morgan fingerprint density at radius 3 is 2.52 bits per heavy atom. The Morgan fingerprint density at radius 2 is 1.77 bits per heavy atom. The molecule has 0 bridgehead atoms. The molecule has 1 saturated heterocycles. The fourth-order valence-corrected chi connectivity index (χ4v) is 6.42. The van der Waals surface area contributed by atoms with Crippen molar-refractivity contribution < 1.29 is 22.8 Å². The summed E-state index contributed by atoms with van der Waals surface area (Å²) in [4.78, 5) is 33.0. The summed E-state index contributed by atoms with van der Waals surface area (Å²) in [6, 6.07) is 16.5. The van der Waals surface area contributed by atoms with Crippen molar-refractivity contribution in [1.29, 1.82) is 0 Å². The molecular weight excluding hydrogens is 637 g/mol. The SMILES string of the molecule is CN1CCN(Cc2ccc(NC(=O)C[C@H]3Cc4ccccc4CN3C(=O)c3ccc4n[nH]c(Br)c4c3)cc2C(F)(F)F)CC1. The molecule has 0 saturated carbocycles. The molecule has 2 aliphatic rings. The van der Waals surface area contributed by atoms with E-state index in [1.54, 1.807) is 23.1 Å². The third-order valence-corrected chi connectivity index (χ3v) is 9.09. The molecule has 12 heteroatoms. The number of halogens is 4. The van der Waals surface area contributed by atoms with E-state index in [0.29, 0.717) is 41.7 Å². The number of rotatable bonds is 6. The van der Waals surface area contributed by atoms with Crippen LogP contribution in [0.1, 0.15) is 39.0 Å². The van der Waals surface area contributed by atoms with Gasteiger partial charge in [0.2, 0.25) is 5.91 Å². The number of likely N-dealkylation sites (N-methyl/N-ethyl adjacent to an activating group) is 1. The highest BCUT2D eigenvalue weighted by molar-refractivity contribution is 9.10. The molecule has 0 radical (unpaired) electrons. The summed E-state index contributed by atoms with van der Waals surface area (Å²) in [5, 5.41) is 10.5. The second-order valence-electron chi connectivity index (χ2n) is 11.5. The molecule has 2 aliphatic heterocycles. The largest absolute Gasteiger partial charge is 0.416 e. The Bertz CT molecular complexity index is 1700. The average Bonchev–Trinajstić information content (AvgIpc) is 3.37. The molecule has 2 amide bonds. The van der Waals surface area contributed by atoms with E-state index < -0.39 is 23.7 Å². The molecule has 1 fully saturated rings. The van der Waals surface area contributed by atoms with E-state index in [4.69, 9.17) is 0 Å². The first-order valence-corrected chi connectivity index (χ1v) is 15.3. The molecule has 3 heterocycles. The summed E-state index contributed by atoms with van der Waals surface area (Å²) in [7, 11) is 2.00. The number of nitrogens with zero attached hydrogens (tertiary/aromatic N) is 4. The zero-order valence-electron chi connectivity index (χ0n) is 24.1. The van der Waals surface area contributed by atoms with Crippen LogP contribution in [0.5, 0.6) is 0 Å². The van der Waals surface area contributed by atoms with E-state index in [9.17, 15) is 22.8 Å². The van der Waals surface area contributed by atoms with Gasteiger partial charge in [0.05, 0.1) is 11.1 Å². The topological polar surface area (TPSA) is 84.6 Å². The highest BCUT2D eigenvalue weighted by atomic mass is 79.9. The molecular formula is C32H32BrF3N6O2. The molecule has 0 unspecified atom stereocenters. The van der Waals surface area contributed by atoms with Crippen LogP contribution in [-0.2, 0) is 30.5 Å². The van der Waals surface area contributed by atoms with Gasteiger partial charge in [-0.25, -0.2) is 0 Å². The fraction of sp³-hybridized carbons (Fsp3) is 0.344. The van der Waals surface area contributed by atoms with Crippen LogP contribution in [0.2, 0.25) is 0 Å². The summed E-state index contributed by atoms with van der Waals surface area (Å²) >= 11 is 3.42. The van der Waals surface area contributed by atoms with Crippen LogP contribution < -0.4 is 5.32 Å². The average molecular weight is 670 g/mol. The van der Waals surface area contributed by atoms with Crippen molar-refractivity contribution in [2.45, 2.75) is 38.1 Å². The Labute approximate surface area is 261 Å². The van der Waals surface area contributed by atoms with Gasteiger partial charge in [0.25, 0.3) is 5.91 Å². The first-order valence-electron chi connectivity index (χ1n) is 14.5. The van der Waals surface area contributed by atoms with Crippen molar-refractivity contribution in [2.24, 2.45) is 0 Å². The molecule has 1 aromatic heterocycles. The van der Waals surface area contributed by atoms with Crippen molar-refractivity contribution in [3.63, 3.8) is 0 Å². The fourth-order valence-electron chi connectivity index (χ4n) is 6.01. The van der Waals surface area contributed by atoms with Gasteiger partial charge in [-0.3, -0.25) is 19.6 Å². The standard InChI is InChI=1S/C32H32BrF3N6O2/c1-40-10-12-41(13-11-40)18-23-6-8-24(16-27(23)32(34,35)36)37-29(43)17-25-14-20-4-2-3-5-22(20)19-42(25)31(44)21-7-9-28-26(15-21)30(33)39-38-28/h2-9,15-16,25H,10-14,17-19H2,1H3,(H,37,43)(H,38,39)/t25-/m1/s1. The lowest BCUT2D eigenvalue weighted by atomic mass is 9.91. The number of amides is 2. The van der Waals surface area contributed by atoms with E-state index in [2.05, 4.69) is 36.3 Å². The minimum absolute atomic E-state index is 0.0673. The number of anilines is 1. The molecule has 1 atom stereocenters. The van der Waals surface area contributed by atoms with Crippen molar-refractivity contribution in [1.82, 2.24) is 24.9 Å². The molecule has 0 spiro atoms. The number of carbonyl (C=O) groups is 2. The molecule has 4 aromatic rings. The molecule has 2 N–H and O–H groups in total. The predicted molar refractivity (Wildman–Crippen MR) is 165 cm³/mol. The van der Waals surface area contributed by atoms with Gasteiger partial charge in [-0.2, -0.15) is 18.3 Å². The van der Waals surface area contributed by atoms with Crippen LogP contribution in [0.25, 0.3) is 10.9 Å². The Hall–Kier alpha value is -3.74. The second kappa shape index (κ2) is 12.3. The van der Waals surface area contributed by atoms with Crippen LogP contribution in [0.3, 0.4) is 0 Å². The van der Waals surface area contributed by atoms with E-state index in [0.717, 1.165) is 35.7 Å². The van der Waals surface area contributed by atoms with Crippen molar-refractivity contribution in [2.75, 3.05) is 38.5 Å². The number of nitrogens with one attached hydrogen (secondary N) is 2. The van der Waals surface area contributed by atoms with Gasteiger partial charge in [0.15, 0.2) is 0 Å². The zero-order valence-corrected chi connectivity index (χ0v) is 25.7. The van der Waals surface area contributed by atoms with E-state index in [-0.39, 0.29) is 30.1 Å². The Kier molecular flexibility index (Phi) is 8.49. The molecule has 44 heavy (non-hydrogen) atoms. The van der Waals surface area contributed by atoms with Crippen molar-refractivity contribution in [3.8, 4) is 0 Å². The number of hydrogen-bond acceptors (Lipinski definition) is 5. The summed E-state index contributed by atoms with van der Waals surface area (Å²) in [5.74, 6) is -0.694. The van der Waals surface area contributed by atoms with Gasteiger partial charge in [-0.1, -0.05) is 30.3 Å². The zero-order chi connectivity index (χ0) is 31.0. The van der Waals surface area contributed by atoms with Crippen LogP contribution in [0, 0.1) is 0 Å². The lowest BCUT2D eigenvalue weighted by Gasteiger charge is -2.37. The van der Waals surface area contributed by atoms with Crippen LogP contribution in [0.15, 0.2) is 65.3 Å². The molecule has 6 rings (SSSR count). The number of H-pyrrole nitrogens is 1. The Morgan fingerprint density at radius 1 is 1.02 bits per heavy atom. The van der Waals surface area contributed by atoms with Gasteiger partial charge in [-0.05, 0) is 76.4 Å². The quantitative estimate of drug-likeness (QED) is 0.276. The van der Waals surface area contributed by atoms with E-state index in [1.165, 1.54) is 12.1 Å². The third kappa shape index (κ3) is 6.52. The maximum atomic E-state index is 14.1. The van der Waals surface area contributed by atoms with Gasteiger partial charge in [-0.15, -0.1) is 0 Å². The molecule has 3 aromatic carbocycles. The lowest BCUT2D eigenvalue weighted by Crippen LogP contribution is -2.46. The highest BCUT2D eigenvalue weighted by Gasteiger charge is 2.35. The first-order chi connectivity index (χ1) is 21.0. The first kappa shape index (κ1) is 30.3. The summed E-state index contributed by atoms with van der Waals surface area (Å²) in [5.41, 5.74) is 2.70. The van der Waals surface area contributed by atoms with Crippen LogP contribution in [-0.4, -0.2) is 76.0 Å². The number of aromatic nitrogens is 2. The maximum absolute atomic E-state index is 14.1. The summed E-state index contributed by atoms with van der Waals surface area (Å²) < 4.78 is 43.0. The Balaban J connectivity index is 1.21. The van der Waals surface area contributed by atoms with Crippen LogP contribution in [0.4, 0.5) is 18.9 Å². The van der Waals surface area contributed by atoms with Gasteiger partial charge >= 0.3 is 6.18 Å². The number of piperazine rings is 1. The molecule has 0 aliphatic carbocycles. The van der Waals surface area contributed by atoms with Gasteiger partial charge in [0.1, 0.15) is 4.60 Å². The minimum atomic E-state index is -4.57. The lowest BCUT2D eigenvalue weighted by molar-refractivity contribution is -0.138. The van der Waals surface area contributed by atoms with Crippen molar-refractivity contribution >= 4 is 44.3 Å². The summed E-state index contributed by atoms with van der Waals surface area (Å²) in [6.07, 6.45) is -4.18. The van der Waals surface area contributed by atoms with E-state index >= 15 is 0 Å². The number of benzene rings is 3. The monoisotopic (exact) mass is 668 g/mol. The van der Waals surface area contributed by atoms with E-state index in [1.807, 2.05) is 36.2 Å². The number of aromatic amines is 1. The summed E-state index contributed by atoms with van der Waals surface area (Å²) in [6.45, 7) is 3.50. The smallest absolute Gasteiger partial charge is 0.330 e. The van der Waals surface area contributed by atoms with Gasteiger partial charge in [0, 0.05) is 68.4 Å². The predicted octanol–water partition coefficient (Wildman–Crippen LogP) is 5.69. The van der Waals surface area contributed by atoms with Crippen LogP contribution >= 0.6 is 15.9 Å². The number of hydrogen-bond donors (Lipinski definition) is 2. The van der Waals surface area contributed by atoms with Gasteiger partial charge < -0.3 is 15.1 Å². The third-order valence-electron chi connectivity index (χ3n) is 8.48. The number of carbonyl (C=O) groups excluding carboxylic acids is 2. The number of fused-ring (bicyclic) bond motifs is 2. The normalized spacial score (nSPS) is 17.9. The highest BCUT2D eigenvalue weighted by Crippen LogP contribution is 2.35. The minimum Gasteiger partial charge on any atom is -0.330 e. The second-order valence-corrected chi connectivity index (χ2v) is 12.3. The molecule has 230 valence electrons. The van der Waals surface area contributed by atoms with Crippen molar-refractivity contribution in [3.05, 3.63) is 93.1 Å².